The summed E-state index contributed by atoms with van der Waals surface area (Å²) in [7, 11) is 0. The molecule has 0 aromatic rings. The third kappa shape index (κ3) is 0.962. The largest absolute Gasteiger partial charge is 0.295 e. The third-order valence-electron chi connectivity index (χ3n) is 4.44. The van der Waals surface area contributed by atoms with Gasteiger partial charge in [-0.3, -0.25) is 4.79 Å². The van der Waals surface area contributed by atoms with Crippen LogP contribution in [0.15, 0.2) is 12.2 Å². The summed E-state index contributed by atoms with van der Waals surface area (Å²) < 4.78 is 0. The molecule has 0 aliphatic heterocycles. The van der Waals surface area contributed by atoms with E-state index in [2.05, 4.69) is 6.08 Å². The lowest BCUT2D eigenvalue weighted by atomic mass is 9.67. The van der Waals surface area contributed by atoms with Crippen LogP contribution in [0.5, 0.6) is 0 Å². The predicted octanol–water partition coefficient (Wildman–Crippen LogP) is 2.71. The van der Waals surface area contributed by atoms with Gasteiger partial charge in [-0.15, -0.1) is 0 Å². The molecular weight excluding hydrogens is 160 g/mol. The van der Waals surface area contributed by atoms with Crippen molar-refractivity contribution < 1.29 is 4.79 Å². The summed E-state index contributed by atoms with van der Waals surface area (Å²) in [6, 6.07) is 0. The van der Waals surface area contributed by atoms with Crippen LogP contribution >= 0.6 is 0 Å². The molecule has 0 N–H and O–H groups in total. The first-order valence-corrected chi connectivity index (χ1v) is 5.53. The van der Waals surface area contributed by atoms with Crippen molar-refractivity contribution >= 4 is 5.78 Å². The number of ketones is 1. The van der Waals surface area contributed by atoms with Crippen molar-refractivity contribution in [1.82, 2.24) is 0 Å². The first-order chi connectivity index (χ1) is 6.30. The minimum atomic E-state index is 0.396. The summed E-state index contributed by atoms with van der Waals surface area (Å²) in [5.41, 5.74) is 0.469. The normalized spacial score (nSPS) is 47.8. The molecule has 3 rings (SSSR count). The maximum Gasteiger partial charge on any atom is 0.158 e. The van der Waals surface area contributed by atoms with Gasteiger partial charge in [0, 0.05) is 5.92 Å². The van der Waals surface area contributed by atoms with Gasteiger partial charge in [0.25, 0.3) is 0 Å². The van der Waals surface area contributed by atoms with Gasteiger partial charge in [0.2, 0.25) is 0 Å². The number of fused-ring (bicyclic) bond motifs is 1. The van der Waals surface area contributed by atoms with Gasteiger partial charge in [-0.05, 0) is 43.1 Å². The van der Waals surface area contributed by atoms with Crippen LogP contribution in [-0.4, -0.2) is 5.78 Å². The lowest BCUT2D eigenvalue weighted by Crippen LogP contribution is -2.28. The molecule has 3 aliphatic rings. The lowest BCUT2D eigenvalue weighted by molar-refractivity contribution is -0.118. The fraction of sp³-hybridized carbons (Fsp3) is 0.750. The van der Waals surface area contributed by atoms with Gasteiger partial charge >= 0.3 is 0 Å². The molecule has 1 heteroatoms. The van der Waals surface area contributed by atoms with Gasteiger partial charge in [0.05, 0.1) is 0 Å². The quantitative estimate of drug-likeness (QED) is 0.554. The maximum atomic E-state index is 11.5. The van der Waals surface area contributed by atoms with Gasteiger partial charge in [-0.2, -0.15) is 0 Å². The minimum absolute atomic E-state index is 0.396. The van der Waals surface area contributed by atoms with Crippen molar-refractivity contribution in [1.29, 1.82) is 0 Å². The van der Waals surface area contributed by atoms with E-state index in [1.165, 1.54) is 38.5 Å². The Kier molecular flexibility index (Phi) is 1.47. The van der Waals surface area contributed by atoms with E-state index in [1.807, 2.05) is 6.08 Å². The number of rotatable bonds is 0. The third-order valence-corrected chi connectivity index (χ3v) is 4.44. The van der Waals surface area contributed by atoms with Gasteiger partial charge in [-0.1, -0.05) is 18.9 Å². The highest BCUT2D eigenvalue weighted by molar-refractivity contribution is 5.93. The van der Waals surface area contributed by atoms with Crippen molar-refractivity contribution in [3.63, 3.8) is 0 Å². The van der Waals surface area contributed by atoms with Crippen molar-refractivity contribution in [3.05, 3.63) is 12.2 Å². The molecule has 13 heavy (non-hydrogen) atoms. The topological polar surface area (TPSA) is 17.1 Å². The number of hydrogen-bond acceptors (Lipinski definition) is 1. The van der Waals surface area contributed by atoms with Crippen molar-refractivity contribution in [2.75, 3.05) is 0 Å². The van der Waals surface area contributed by atoms with Gasteiger partial charge in [-0.25, -0.2) is 0 Å². The zero-order valence-corrected chi connectivity index (χ0v) is 7.96. The van der Waals surface area contributed by atoms with Crippen molar-refractivity contribution in [2.24, 2.45) is 17.3 Å². The molecule has 1 nitrogen and oxygen atoms in total. The zero-order valence-electron chi connectivity index (χ0n) is 7.96. The Morgan fingerprint density at radius 1 is 1.38 bits per heavy atom. The van der Waals surface area contributed by atoms with Gasteiger partial charge in [0.1, 0.15) is 0 Å². The lowest BCUT2D eigenvalue weighted by Gasteiger charge is -2.37. The summed E-state index contributed by atoms with van der Waals surface area (Å²) in [5.74, 6) is 1.64. The van der Waals surface area contributed by atoms with Crippen LogP contribution in [0.1, 0.15) is 38.5 Å². The van der Waals surface area contributed by atoms with Crippen LogP contribution < -0.4 is 0 Å². The SMILES string of the molecule is O=C1C=CC23CCCCC2CC1C3. The second-order valence-corrected chi connectivity index (χ2v) is 5.05. The van der Waals surface area contributed by atoms with Crippen LogP contribution in [0.2, 0.25) is 0 Å². The number of carbonyl (C=O) groups excluding carboxylic acids is 1. The molecule has 70 valence electrons. The van der Waals surface area contributed by atoms with Crippen LogP contribution in [0.3, 0.4) is 0 Å². The number of carbonyl (C=O) groups is 1. The van der Waals surface area contributed by atoms with E-state index in [4.69, 9.17) is 0 Å². The van der Waals surface area contributed by atoms with Crippen LogP contribution in [0.4, 0.5) is 0 Å². The smallest absolute Gasteiger partial charge is 0.158 e. The Hall–Kier alpha value is -0.590. The molecule has 0 saturated heterocycles. The van der Waals surface area contributed by atoms with Gasteiger partial charge in [0.15, 0.2) is 5.78 Å². The Morgan fingerprint density at radius 2 is 2.31 bits per heavy atom. The Morgan fingerprint density at radius 3 is 3.23 bits per heavy atom. The Bertz CT molecular complexity index is 279. The average molecular weight is 176 g/mol. The first kappa shape index (κ1) is 7.78. The van der Waals surface area contributed by atoms with E-state index in [0.717, 1.165) is 5.92 Å². The van der Waals surface area contributed by atoms with E-state index in [1.54, 1.807) is 0 Å². The molecule has 3 atom stereocenters. The minimum Gasteiger partial charge on any atom is -0.295 e. The Balaban J connectivity index is 1.99. The standard InChI is InChI=1S/C12H16O/c13-11-4-6-12-5-2-1-3-10(12)7-9(11)8-12/h4,6,9-10H,1-3,5,7-8H2. The summed E-state index contributed by atoms with van der Waals surface area (Å²) in [5, 5.41) is 0. The summed E-state index contributed by atoms with van der Waals surface area (Å²) in [6.07, 6.45) is 12.0. The van der Waals surface area contributed by atoms with Crippen molar-refractivity contribution in [2.45, 2.75) is 38.5 Å². The number of hydrogen-bond donors (Lipinski definition) is 0. The molecule has 2 saturated carbocycles. The molecule has 2 bridgehead atoms. The molecule has 3 unspecified atom stereocenters. The van der Waals surface area contributed by atoms with Crippen molar-refractivity contribution in [3.8, 4) is 0 Å². The second kappa shape index (κ2) is 2.46. The van der Waals surface area contributed by atoms with E-state index in [9.17, 15) is 4.79 Å². The summed E-state index contributed by atoms with van der Waals surface area (Å²) in [4.78, 5) is 11.5. The molecule has 1 spiro atoms. The fourth-order valence-electron chi connectivity index (χ4n) is 3.73. The maximum absolute atomic E-state index is 11.5. The van der Waals surface area contributed by atoms with E-state index in [0.29, 0.717) is 17.1 Å². The highest BCUT2D eigenvalue weighted by atomic mass is 16.1. The molecule has 0 radical (unpaired) electrons. The second-order valence-electron chi connectivity index (χ2n) is 5.05. The summed E-state index contributed by atoms with van der Waals surface area (Å²) >= 11 is 0. The molecule has 0 heterocycles. The van der Waals surface area contributed by atoms with E-state index in [-0.39, 0.29) is 0 Å². The van der Waals surface area contributed by atoms with Crippen LogP contribution in [0, 0.1) is 17.3 Å². The highest BCUT2D eigenvalue weighted by Gasteiger charge is 2.50. The molecular formula is C12H16O. The highest BCUT2D eigenvalue weighted by Crippen LogP contribution is 2.57. The predicted molar refractivity (Wildman–Crippen MR) is 51.3 cm³/mol. The zero-order chi connectivity index (χ0) is 8.89. The first-order valence-electron chi connectivity index (χ1n) is 5.53. The molecule has 0 aromatic heterocycles. The summed E-state index contributed by atoms with van der Waals surface area (Å²) in [6.45, 7) is 0. The molecule has 0 amide bonds. The van der Waals surface area contributed by atoms with E-state index < -0.39 is 0 Å². The van der Waals surface area contributed by atoms with Gasteiger partial charge < -0.3 is 0 Å². The van der Waals surface area contributed by atoms with Crippen LogP contribution in [0.25, 0.3) is 0 Å². The monoisotopic (exact) mass is 176 g/mol. The fourth-order valence-corrected chi connectivity index (χ4v) is 3.73. The molecule has 0 aromatic carbocycles. The molecule has 3 aliphatic carbocycles. The Labute approximate surface area is 79.2 Å². The van der Waals surface area contributed by atoms with E-state index >= 15 is 0 Å². The van der Waals surface area contributed by atoms with Crippen LogP contribution in [-0.2, 0) is 4.79 Å². The molecule has 2 fully saturated rings. The number of allylic oxidation sites excluding steroid dienone is 2. The average Bonchev–Trinajstić information content (AvgIpc) is 2.47.